The number of carbonyl (C=O) groups is 1. The molecule has 0 bridgehead atoms. The van der Waals surface area contributed by atoms with E-state index >= 15 is 0 Å². The second-order valence-corrected chi connectivity index (χ2v) is 4.85. The van der Waals surface area contributed by atoms with Gasteiger partial charge in [0, 0.05) is 5.69 Å². The van der Waals surface area contributed by atoms with Crippen LogP contribution >= 0.6 is 11.8 Å². The van der Waals surface area contributed by atoms with Crippen molar-refractivity contribution in [2.45, 2.75) is 18.1 Å². The lowest BCUT2D eigenvalue weighted by Crippen LogP contribution is -2.22. The Kier molecular flexibility index (Phi) is 3.16. The molecule has 1 aromatic carbocycles. The monoisotopic (exact) mass is 223 g/mol. The minimum absolute atomic E-state index is 0.0724. The van der Waals surface area contributed by atoms with Crippen molar-refractivity contribution < 1.29 is 9.90 Å². The Bertz CT molecular complexity index is 344. The molecule has 1 aliphatic rings. The van der Waals surface area contributed by atoms with Crippen LogP contribution in [0.2, 0.25) is 0 Å². The lowest BCUT2D eigenvalue weighted by atomic mass is 10.2. The number of phenols is 1. The molecule has 4 heteroatoms. The highest BCUT2D eigenvalue weighted by atomic mass is 32.2. The number of phenolic OH excluding ortho intramolecular Hbond substituents is 1. The normalized spacial score (nSPS) is 20.1. The molecule has 1 fully saturated rings. The van der Waals surface area contributed by atoms with Crippen LogP contribution in [0.3, 0.4) is 0 Å². The summed E-state index contributed by atoms with van der Waals surface area (Å²) in [5.41, 5.74) is 0.741. The molecule has 1 heterocycles. The van der Waals surface area contributed by atoms with Crippen molar-refractivity contribution in [3.8, 4) is 5.75 Å². The number of nitrogens with one attached hydrogen (secondary N) is 1. The van der Waals surface area contributed by atoms with Crippen LogP contribution in [0, 0.1) is 0 Å². The maximum atomic E-state index is 11.7. The summed E-state index contributed by atoms with van der Waals surface area (Å²) < 4.78 is 0. The molecule has 1 amide bonds. The number of hydrogen-bond donors (Lipinski definition) is 2. The van der Waals surface area contributed by atoms with Crippen LogP contribution in [-0.2, 0) is 4.79 Å². The highest BCUT2D eigenvalue weighted by Crippen LogP contribution is 2.27. The van der Waals surface area contributed by atoms with Gasteiger partial charge in [-0.1, -0.05) is 0 Å². The molecule has 15 heavy (non-hydrogen) atoms. The maximum absolute atomic E-state index is 11.7. The average molecular weight is 223 g/mol. The number of hydrogen-bond acceptors (Lipinski definition) is 3. The number of amides is 1. The van der Waals surface area contributed by atoms with E-state index in [9.17, 15) is 4.79 Å². The summed E-state index contributed by atoms with van der Waals surface area (Å²) in [6, 6.07) is 6.54. The number of benzene rings is 1. The molecule has 1 unspecified atom stereocenters. The number of anilines is 1. The molecule has 1 aliphatic heterocycles. The minimum atomic E-state index is 0.0724. The Labute approximate surface area is 92.9 Å². The van der Waals surface area contributed by atoms with Gasteiger partial charge < -0.3 is 10.4 Å². The summed E-state index contributed by atoms with van der Waals surface area (Å²) in [5.74, 6) is 1.36. The first-order valence-corrected chi connectivity index (χ1v) is 6.02. The molecular weight excluding hydrogens is 210 g/mol. The highest BCUT2D eigenvalue weighted by molar-refractivity contribution is 8.00. The number of rotatable bonds is 2. The third kappa shape index (κ3) is 2.65. The molecule has 2 N–H and O–H groups in total. The van der Waals surface area contributed by atoms with Crippen LogP contribution in [0.25, 0.3) is 0 Å². The lowest BCUT2D eigenvalue weighted by molar-refractivity contribution is -0.115. The first-order valence-electron chi connectivity index (χ1n) is 4.97. The molecular formula is C11H13NO2S. The van der Waals surface area contributed by atoms with Crippen molar-refractivity contribution in [3.05, 3.63) is 24.3 Å². The van der Waals surface area contributed by atoms with Crippen LogP contribution < -0.4 is 5.32 Å². The van der Waals surface area contributed by atoms with Crippen LogP contribution in [0.15, 0.2) is 24.3 Å². The lowest BCUT2D eigenvalue weighted by Gasteiger charge is -2.09. The van der Waals surface area contributed by atoms with E-state index in [0.29, 0.717) is 0 Å². The van der Waals surface area contributed by atoms with Crippen molar-refractivity contribution in [1.82, 2.24) is 0 Å². The Morgan fingerprint density at radius 1 is 1.40 bits per heavy atom. The summed E-state index contributed by atoms with van der Waals surface area (Å²) in [7, 11) is 0. The van der Waals surface area contributed by atoms with Crippen molar-refractivity contribution in [1.29, 1.82) is 0 Å². The van der Waals surface area contributed by atoms with Gasteiger partial charge in [0.05, 0.1) is 5.25 Å². The van der Waals surface area contributed by atoms with Gasteiger partial charge >= 0.3 is 0 Å². The van der Waals surface area contributed by atoms with Crippen molar-refractivity contribution in [2.24, 2.45) is 0 Å². The topological polar surface area (TPSA) is 49.3 Å². The number of carbonyl (C=O) groups excluding carboxylic acids is 1. The molecule has 80 valence electrons. The fourth-order valence-corrected chi connectivity index (χ4v) is 2.71. The van der Waals surface area contributed by atoms with Crippen LogP contribution in [0.4, 0.5) is 5.69 Å². The smallest absolute Gasteiger partial charge is 0.237 e. The predicted octanol–water partition coefficient (Wildman–Crippen LogP) is 2.23. The quantitative estimate of drug-likeness (QED) is 0.756. The standard InChI is InChI=1S/C11H13NO2S/c13-9-5-3-8(4-6-9)12-11(14)10-2-1-7-15-10/h3-6,10,13H,1-2,7H2,(H,12,14). The first kappa shape index (κ1) is 10.4. The van der Waals surface area contributed by atoms with Crippen molar-refractivity contribution in [2.75, 3.05) is 11.1 Å². The van der Waals surface area contributed by atoms with E-state index < -0.39 is 0 Å². The maximum Gasteiger partial charge on any atom is 0.237 e. The average Bonchev–Trinajstić information content (AvgIpc) is 2.74. The molecule has 0 spiro atoms. The van der Waals surface area contributed by atoms with Crippen LogP contribution in [-0.4, -0.2) is 22.0 Å². The van der Waals surface area contributed by atoms with Gasteiger partial charge in [0.15, 0.2) is 0 Å². The molecule has 3 nitrogen and oxygen atoms in total. The molecule has 1 atom stereocenters. The van der Waals surface area contributed by atoms with Gasteiger partial charge in [-0.2, -0.15) is 0 Å². The molecule has 0 saturated carbocycles. The Hall–Kier alpha value is -1.16. The van der Waals surface area contributed by atoms with Gasteiger partial charge in [-0.05, 0) is 42.9 Å². The Morgan fingerprint density at radius 2 is 2.13 bits per heavy atom. The van der Waals surface area contributed by atoms with Crippen LogP contribution in [0.5, 0.6) is 5.75 Å². The SMILES string of the molecule is O=C(Nc1ccc(O)cc1)C1CCCS1. The molecule has 0 radical (unpaired) electrons. The zero-order valence-corrected chi connectivity index (χ0v) is 9.09. The number of aromatic hydroxyl groups is 1. The second kappa shape index (κ2) is 4.57. The number of thioether (sulfide) groups is 1. The van der Waals surface area contributed by atoms with Gasteiger partial charge in [-0.15, -0.1) is 11.8 Å². The van der Waals surface area contributed by atoms with E-state index in [1.165, 1.54) is 0 Å². The Morgan fingerprint density at radius 3 is 2.73 bits per heavy atom. The summed E-state index contributed by atoms with van der Waals surface area (Å²) in [4.78, 5) is 11.7. The molecule has 0 aromatic heterocycles. The molecule has 1 saturated heterocycles. The van der Waals surface area contributed by atoms with Crippen LogP contribution in [0.1, 0.15) is 12.8 Å². The van der Waals surface area contributed by atoms with Gasteiger partial charge in [0.25, 0.3) is 0 Å². The molecule has 0 aliphatic carbocycles. The summed E-state index contributed by atoms with van der Waals surface area (Å²) in [6.07, 6.45) is 2.09. The molecule has 1 aromatic rings. The zero-order valence-electron chi connectivity index (χ0n) is 8.27. The van der Waals surface area contributed by atoms with Gasteiger partial charge in [0.1, 0.15) is 5.75 Å². The summed E-state index contributed by atoms with van der Waals surface area (Å²) >= 11 is 1.71. The summed E-state index contributed by atoms with van der Waals surface area (Å²) in [6.45, 7) is 0. The van der Waals surface area contributed by atoms with E-state index in [1.54, 1.807) is 36.0 Å². The third-order valence-corrected chi connectivity index (χ3v) is 3.73. The zero-order chi connectivity index (χ0) is 10.7. The van der Waals surface area contributed by atoms with E-state index in [2.05, 4.69) is 5.32 Å². The molecule has 2 rings (SSSR count). The largest absolute Gasteiger partial charge is 0.508 e. The highest BCUT2D eigenvalue weighted by Gasteiger charge is 2.23. The Balaban J connectivity index is 1.96. The van der Waals surface area contributed by atoms with E-state index in [4.69, 9.17) is 5.11 Å². The van der Waals surface area contributed by atoms with E-state index in [1.807, 2.05) is 0 Å². The predicted molar refractivity (Wildman–Crippen MR) is 62.2 cm³/mol. The van der Waals surface area contributed by atoms with E-state index in [-0.39, 0.29) is 16.9 Å². The van der Waals surface area contributed by atoms with Gasteiger partial charge in [-0.25, -0.2) is 0 Å². The third-order valence-electron chi connectivity index (χ3n) is 2.36. The fourth-order valence-electron chi connectivity index (χ4n) is 1.55. The summed E-state index contributed by atoms with van der Waals surface area (Å²) in [5, 5.41) is 12.0. The fraction of sp³-hybridized carbons (Fsp3) is 0.364. The first-order chi connectivity index (χ1) is 7.25. The van der Waals surface area contributed by atoms with Crippen molar-refractivity contribution >= 4 is 23.4 Å². The second-order valence-electron chi connectivity index (χ2n) is 3.54. The van der Waals surface area contributed by atoms with Crippen molar-refractivity contribution in [3.63, 3.8) is 0 Å². The minimum Gasteiger partial charge on any atom is -0.508 e. The van der Waals surface area contributed by atoms with E-state index in [0.717, 1.165) is 24.3 Å². The van der Waals surface area contributed by atoms with Gasteiger partial charge in [0.2, 0.25) is 5.91 Å². The van der Waals surface area contributed by atoms with Gasteiger partial charge in [-0.3, -0.25) is 4.79 Å².